The number of aliphatic hydroxyl groups excluding tert-OH is 1. The Bertz CT molecular complexity index is 533. The van der Waals surface area contributed by atoms with Gasteiger partial charge in [0.05, 0.1) is 12.6 Å². The molecule has 0 bridgehead atoms. The first-order valence-corrected chi connectivity index (χ1v) is 9.87. The van der Waals surface area contributed by atoms with Crippen molar-refractivity contribution in [2.75, 3.05) is 39.3 Å². The van der Waals surface area contributed by atoms with Gasteiger partial charge in [0.2, 0.25) is 0 Å². The van der Waals surface area contributed by atoms with E-state index in [0.717, 1.165) is 26.1 Å². The maximum atomic E-state index is 13.0. The van der Waals surface area contributed by atoms with E-state index in [1.54, 1.807) is 12.1 Å². The molecule has 1 saturated heterocycles. The second-order valence-electron chi connectivity index (χ2n) is 6.82. The van der Waals surface area contributed by atoms with Crippen LogP contribution in [0.2, 0.25) is 0 Å². The minimum atomic E-state index is -0.733. The van der Waals surface area contributed by atoms with Crippen LogP contribution in [0.4, 0.5) is 4.39 Å². The predicted molar refractivity (Wildman–Crippen MR) is 120 cm³/mol. The molecule has 1 fully saturated rings. The van der Waals surface area contributed by atoms with E-state index in [2.05, 4.69) is 20.5 Å². The topological polar surface area (TPSA) is 59.9 Å². The third kappa shape index (κ3) is 9.71. The maximum absolute atomic E-state index is 13.0. The van der Waals surface area contributed by atoms with Crippen molar-refractivity contribution in [1.82, 2.24) is 15.5 Å². The second-order valence-corrected chi connectivity index (χ2v) is 6.82. The number of aliphatic hydroxyl groups is 1. The third-order valence-electron chi connectivity index (χ3n) is 4.66. The van der Waals surface area contributed by atoms with Gasteiger partial charge in [0.15, 0.2) is 5.96 Å². The smallest absolute Gasteiger partial charge is 0.191 e. The van der Waals surface area contributed by atoms with E-state index in [1.807, 2.05) is 6.92 Å². The summed E-state index contributed by atoms with van der Waals surface area (Å²) in [6, 6.07) is 5.90. The van der Waals surface area contributed by atoms with Gasteiger partial charge in [-0.25, -0.2) is 4.39 Å². The van der Waals surface area contributed by atoms with Gasteiger partial charge in [-0.05, 0) is 63.5 Å². The van der Waals surface area contributed by atoms with Crippen LogP contribution >= 0.6 is 24.0 Å². The third-order valence-corrected chi connectivity index (χ3v) is 4.66. The summed E-state index contributed by atoms with van der Waals surface area (Å²) in [6.07, 6.45) is 5.70. The molecule has 1 aliphatic heterocycles. The molecular formula is C20H34FIN4O. The van der Waals surface area contributed by atoms with Crippen LogP contribution in [0.15, 0.2) is 29.3 Å². The van der Waals surface area contributed by atoms with Gasteiger partial charge >= 0.3 is 0 Å². The van der Waals surface area contributed by atoms with Crippen molar-refractivity contribution in [2.24, 2.45) is 4.99 Å². The first-order valence-electron chi connectivity index (χ1n) is 9.87. The van der Waals surface area contributed by atoms with E-state index in [-0.39, 0.29) is 36.3 Å². The van der Waals surface area contributed by atoms with Crippen LogP contribution in [0.3, 0.4) is 0 Å². The molecule has 0 saturated carbocycles. The first kappa shape index (κ1) is 24.1. The summed E-state index contributed by atoms with van der Waals surface area (Å²) in [5.41, 5.74) is 0.673. The molecule has 0 radical (unpaired) electrons. The Hall–Kier alpha value is -0.930. The lowest BCUT2D eigenvalue weighted by Gasteiger charge is -2.20. The molecule has 0 aromatic heterocycles. The summed E-state index contributed by atoms with van der Waals surface area (Å²) < 4.78 is 13.0. The number of likely N-dealkylation sites (tertiary alicyclic amines) is 1. The number of halogens is 2. The number of hydrogen-bond acceptors (Lipinski definition) is 3. The fraction of sp³-hybridized carbons (Fsp3) is 0.650. The van der Waals surface area contributed by atoms with Crippen LogP contribution in [-0.4, -0.2) is 55.2 Å². The van der Waals surface area contributed by atoms with Gasteiger partial charge < -0.3 is 20.6 Å². The lowest BCUT2D eigenvalue weighted by molar-refractivity contribution is 0.187. The molecule has 3 N–H and O–H groups in total. The Kier molecular flexibility index (Phi) is 12.6. The fourth-order valence-electron chi connectivity index (χ4n) is 3.18. The average Bonchev–Trinajstić information content (AvgIpc) is 2.92. The van der Waals surface area contributed by atoms with Gasteiger partial charge in [-0.15, -0.1) is 24.0 Å². The molecule has 0 spiro atoms. The molecule has 0 aliphatic carbocycles. The Morgan fingerprint density at radius 2 is 1.81 bits per heavy atom. The molecule has 0 amide bonds. The molecule has 1 unspecified atom stereocenters. The highest BCUT2D eigenvalue weighted by atomic mass is 127. The number of benzene rings is 1. The zero-order valence-corrected chi connectivity index (χ0v) is 18.6. The number of hydrogen-bond donors (Lipinski definition) is 3. The molecule has 1 aliphatic rings. The van der Waals surface area contributed by atoms with Crippen molar-refractivity contribution in [2.45, 2.75) is 45.1 Å². The molecule has 1 heterocycles. The molecule has 1 aromatic carbocycles. The monoisotopic (exact) mass is 492 g/mol. The number of nitrogens with one attached hydrogen (secondary N) is 2. The Balaban J connectivity index is 0.00000364. The molecular weight excluding hydrogens is 458 g/mol. The summed E-state index contributed by atoms with van der Waals surface area (Å²) in [7, 11) is 0. The van der Waals surface area contributed by atoms with E-state index in [1.165, 1.54) is 50.9 Å². The Morgan fingerprint density at radius 1 is 1.15 bits per heavy atom. The van der Waals surface area contributed by atoms with Crippen LogP contribution in [0.1, 0.15) is 50.7 Å². The van der Waals surface area contributed by atoms with E-state index in [4.69, 9.17) is 0 Å². The van der Waals surface area contributed by atoms with Crippen LogP contribution in [-0.2, 0) is 0 Å². The van der Waals surface area contributed by atoms with E-state index >= 15 is 0 Å². The van der Waals surface area contributed by atoms with Crippen LogP contribution < -0.4 is 10.6 Å². The van der Waals surface area contributed by atoms with E-state index < -0.39 is 6.10 Å². The SMILES string of the molecule is CCNC(=NCC(O)c1ccc(F)cc1)NCCCN1CCCCCC1.I. The molecule has 2 rings (SSSR count). The minimum Gasteiger partial charge on any atom is -0.386 e. The molecule has 154 valence electrons. The zero-order valence-electron chi connectivity index (χ0n) is 16.3. The number of rotatable bonds is 8. The lowest BCUT2D eigenvalue weighted by atomic mass is 10.1. The quantitative estimate of drug-likeness (QED) is 0.226. The Labute approximate surface area is 179 Å². The van der Waals surface area contributed by atoms with E-state index in [0.29, 0.717) is 11.5 Å². The predicted octanol–water partition coefficient (Wildman–Crippen LogP) is 3.30. The number of aliphatic imine (C=N–C) groups is 1. The maximum Gasteiger partial charge on any atom is 0.191 e. The minimum absolute atomic E-state index is 0. The molecule has 1 aromatic rings. The lowest BCUT2D eigenvalue weighted by Crippen LogP contribution is -2.39. The van der Waals surface area contributed by atoms with Gasteiger partial charge in [-0.3, -0.25) is 4.99 Å². The molecule has 5 nitrogen and oxygen atoms in total. The van der Waals surface area contributed by atoms with Crippen molar-refractivity contribution in [3.05, 3.63) is 35.6 Å². The molecule has 7 heteroatoms. The first-order chi connectivity index (χ1) is 12.7. The fourth-order valence-corrected chi connectivity index (χ4v) is 3.18. The normalized spacial score (nSPS) is 16.9. The van der Waals surface area contributed by atoms with Crippen molar-refractivity contribution < 1.29 is 9.50 Å². The largest absolute Gasteiger partial charge is 0.386 e. The van der Waals surface area contributed by atoms with Crippen molar-refractivity contribution in [3.63, 3.8) is 0 Å². The van der Waals surface area contributed by atoms with Crippen LogP contribution in [0.5, 0.6) is 0 Å². The molecule has 27 heavy (non-hydrogen) atoms. The summed E-state index contributed by atoms with van der Waals surface area (Å²) in [5.74, 6) is 0.411. The van der Waals surface area contributed by atoms with Gasteiger partial charge in [-0.1, -0.05) is 25.0 Å². The van der Waals surface area contributed by atoms with Gasteiger partial charge in [-0.2, -0.15) is 0 Å². The molecule has 1 atom stereocenters. The average molecular weight is 492 g/mol. The van der Waals surface area contributed by atoms with Gasteiger partial charge in [0.25, 0.3) is 0 Å². The van der Waals surface area contributed by atoms with Crippen LogP contribution in [0.25, 0.3) is 0 Å². The zero-order chi connectivity index (χ0) is 18.6. The highest BCUT2D eigenvalue weighted by Gasteiger charge is 2.09. The van der Waals surface area contributed by atoms with Crippen molar-refractivity contribution >= 4 is 29.9 Å². The number of guanidine groups is 1. The standard InChI is InChI=1S/C20H33FN4O.HI/c1-2-22-20(23-12-7-15-25-13-5-3-4-6-14-25)24-16-19(26)17-8-10-18(21)11-9-17;/h8-11,19,26H,2-7,12-16H2,1H3,(H2,22,23,24);1H. The highest BCUT2D eigenvalue weighted by molar-refractivity contribution is 14.0. The summed E-state index contributed by atoms with van der Waals surface area (Å²) >= 11 is 0. The van der Waals surface area contributed by atoms with Crippen molar-refractivity contribution in [1.29, 1.82) is 0 Å². The van der Waals surface area contributed by atoms with Gasteiger partial charge in [0.1, 0.15) is 5.82 Å². The second kappa shape index (κ2) is 14.1. The van der Waals surface area contributed by atoms with E-state index in [9.17, 15) is 9.50 Å². The number of nitrogens with zero attached hydrogens (tertiary/aromatic N) is 2. The summed E-state index contributed by atoms with van der Waals surface area (Å²) in [4.78, 5) is 7.00. The highest BCUT2D eigenvalue weighted by Crippen LogP contribution is 2.13. The van der Waals surface area contributed by atoms with Gasteiger partial charge in [0, 0.05) is 13.1 Å². The summed E-state index contributed by atoms with van der Waals surface area (Å²) in [6.45, 7) is 7.44. The van der Waals surface area contributed by atoms with Crippen LogP contribution in [0, 0.1) is 5.82 Å². The Morgan fingerprint density at radius 3 is 2.44 bits per heavy atom. The summed E-state index contributed by atoms with van der Waals surface area (Å²) in [5, 5.41) is 16.7. The van der Waals surface area contributed by atoms with Crippen molar-refractivity contribution in [3.8, 4) is 0 Å².